The van der Waals surface area contributed by atoms with Gasteiger partial charge < -0.3 is 10.6 Å². The fourth-order valence-corrected chi connectivity index (χ4v) is 5.21. The van der Waals surface area contributed by atoms with Crippen LogP contribution in [0.4, 0.5) is 11.4 Å². The Hall–Kier alpha value is -3.33. The van der Waals surface area contributed by atoms with Gasteiger partial charge in [-0.15, -0.1) is 0 Å². The first-order chi connectivity index (χ1) is 14.2. The first kappa shape index (κ1) is 16.6. The highest BCUT2D eigenvalue weighted by atomic mass is 15.2. The third kappa shape index (κ3) is 2.40. The van der Waals surface area contributed by atoms with E-state index in [9.17, 15) is 0 Å². The summed E-state index contributed by atoms with van der Waals surface area (Å²) in [5.74, 6) is 0.531. The second kappa shape index (κ2) is 6.08. The highest BCUT2D eigenvalue weighted by Gasteiger charge is 2.21. The molecular weight excluding hydrogens is 354 g/mol. The van der Waals surface area contributed by atoms with Gasteiger partial charge in [0, 0.05) is 18.1 Å². The molecule has 142 valence electrons. The number of aryl methyl sites for hydroxylation is 4. The van der Waals surface area contributed by atoms with Crippen LogP contribution in [0, 0.1) is 0 Å². The lowest BCUT2D eigenvalue weighted by Gasteiger charge is -2.22. The van der Waals surface area contributed by atoms with Crippen LogP contribution < -0.4 is 10.6 Å². The Kier molecular flexibility index (Phi) is 3.48. The van der Waals surface area contributed by atoms with Crippen LogP contribution in [0.15, 0.2) is 65.7 Å². The number of benzene rings is 4. The van der Waals surface area contributed by atoms with E-state index in [2.05, 4.69) is 60.7 Å². The van der Waals surface area contributed by atoms with Crippen LogP contribution in [0.2, 0.25) is 0 Å². The zero-order valence-electron chi connectivity index (χ0n) is 16.6. The summed E-state index contributed by atoms with van der Waals surface area (Å²) in [5.41, 5.74) is 14.3. The molecule has 0 bridgehead atoms. The Morgan fingerprint density at radius 1 is 0.793 bits per heavy atom. The zero-order chi connectivity index (χ0) is 19.5. The maximum Gasteiger partial charge on any atom is 0.200 e. The van der Waals surface area contributed by atoms with Crippen LogP contribution in [0.3, 0.4) is 0 Å². The molecule has 6 rings (SSSR count). The van der Waals surface area contributed by atoms with Gasteiger partial charge in [-0.2, -0.15) is 0 Å². The van der Waals surface area contributed by atoms with E-state index in [1.54, 1.807) is 0 Å². The van der Waals surface area contributed by atoms with E-state index in [1.165, 1.54) is 43.8 Å². The van der Waals surface area contributed by atoms with Gasteiger partial charge in [-0.1, -0.05) is 48.5 Å². The monoisotopic (exact) mass is 377 g/mol. The van der Waals surface area contributed by atoms with Crippen molar-refractivity contribution in [2.24, 2.45) is 10.7 Å². The highest BCUT2D eigenvalue weighted by molar-refractivity contribution is 6.05. The molecule has 0 saturated heterocycles. The Morgan fingerprint density at radius 3 is 2.38 bits per heavy atom. The molecule has 4 aromatic rings. The van der Waals surface area contributed by atoms with E-state index in [0.717, 1.165) is 37.1 Å². The predicted octanol–water partition coefficient (Wildman–Crippen LogP) is 5.27. The smallest absolute Gasteiger partial charge is 0.200 e. The van der Waals surface area contributed by atoms with E-state index in [1.807, 2.05) is 11.9 Å². The van der Waals surface area contributed by atoms with Crippen molar-refractivity contribution in [2.75, 3.05) is 11.9 Å². The molecule has 3 heteroatoms. The maximum atomic E-state index is 6.52. The van der Waals surface area contributed by atoms with E-state index >= 15 is 0 Å². The Morgan fingerprint density at radius 2 is 1.52 bits per heavy atom. The average Bonchev–Trinajstić information content (AvgIpc) is 3.37. The van der Waals surface area contributed by atoms with Crippen LogP contribution in [0.5, 0.6) is 0 Å². The van der Waals surface area contributed by atoms with Crippen molar-refractivity contribution in [1.29, 1.82) is 0 Å². The summed E-state index contributed by atoms with van der Waals surface area (Å²) in [6.07, 6.45) is 4.41. The molecule has 0 amide bonds. The minimum Gasteiger partial charge on any atom is -0.369 e. The third-order valence-corrected chi connectivity index (χ3v) is 6.65. The predicted molar refractivity (Wildman–Crippen MR) is 122 cm³/mol. The normalized spacial score (nSPS) is 14.9. The molecule has 3 nitrogen and oxygen atoms in total. The molecule has 0 aliphatic heterocycles. The largest absolute Gasteiger partial charge is 0.369 e. The lowest BCUT2D eigenvalue weighted by atomic mass is 10.0. The Bertz CT molecular complexity index is 1320. The minimum atomic E-state index is 0.531. The summed E-state index contributed by atoms with van der Waals surface area (Å²) in [6, 6.07) is 21.8. The lowest BCUT2D eigenvalue weighted by Crippen LogP contribution is -2.34. The summed E-state index contributed by atoms with van der Waals surface area (Å²) in [4.78, 5) is 6.91. The molecule has 0 aromatic heterocycles. The van der Waals surface area contributed by atoms with Crippen LogP contribution in [0.1, 0.15) is 22.3 Å². The third-order valence-electron chi connectivity index (χ3n) is 6.65. The summed E-state index contributed by atoms with van der Waals surface area (Å²) in [7, 11) is 2.03. The SMILES string of the molecule is CN(C(N)=Nc1ccc2c3c(cccc13)CC2)c1ccc2cccc3c2c1CC3. The number of anilines is 1. The second-order valence-electron chi connectivity index (χ2n) is 8.19. The standard InChI is InChI=1S/C26H23N3/c1-29(23-15-12-18-5-2-4-17-10-13-21(23)25(17)18)26(27)28-22-14-11-19-9-8-16-6-3-7-20(22)24(16)19/h2-7,11-12,14-15H,8-10,13H2,1H3,(H2,27,28). The fraction of sp³-hybridized carbons (Fsp3) is 0.192. The highest BCUT2D eigenvalue weighted by Crippen LogP contribution is 2.38. The van der Waals surface area contributed by atoms with E-state index in [4.69, 9.17) is 10.7 Å². The van der Waals surface area contributed by atoms with Gasteiger partial charge in [-0.25, -0.2) is 4.99 Å². The van der Waals surface area contributed by atoms with Crippen molar-refractivity contribution in [3.63, 3.8) is 0 Å². The molecular formula is C26H23N3. The van der Waals surface area contributed by atoms with Crippen molar-refractivity contribution in [1.82, 2.24) is 0 Å². The quantitative estimate of drug-likeness (QED) is 0.382. The van der Waals surface area contributed by atoms with Crippen molar-refractivity contribution >= 4 is 38.9 Å². The number of guanidine groups is 1. The summed E-state index contributed by atoms with van der Waals surface area (Å²) in [5, 5.41) is 5.29. The van der Waals surface area contributed by atoms with Crippen LogP contribution in [-0.4, -0.2) is 13.0 Å². The zero-order valence-corrected chi connectivity index (χ0v) is 16.6. The minimum absolute atomic E-state index is 0.531. The molecule has 2 N–H and O–H groups in total. The van der Waals surface area contributed by atoms with Gasteiger partial charge in [0.05, 0.1) is 5.69 Å². The topological polar surface area (TPSA) is 41.6 Å². The molecule has 2 aliphatic rings. The molecule has 29 heavy (non-hydrogen) atoms. The van der Waals surface area contributed by atoms with Gasteiger partial charge in [0.15, 0.2) is 0 Å². The van der Waals surface area contributed by atoms with E-state index < -0.39 is 0 Å². The average molecular weight is 377 g/mol. The van der Waals surface area contributed by atoms with Crippen molar-refractivity contribution < 1.29 is 0 Å². The van der Waals surface area contributed by atoms with Gasteiger partial charge in [0.25, 0.3) is 0 Å². The Labute approximate surface area is 170 Å². The van der Waals surface area contributed by atoms with Crippen LogP contribution >= 0.6 is 0 Å². The first-order valence-electron chi connectivity index (χ1n) is 10.4. The second-order valence-corrected chi connectivity index (χ2v) is 8.19. The van der Waals surface area contributed by atoms with Gasteiger partial charge in [-0.3, -0.25) is 0 Å². The summed E-state index contributed by atoms with van der Waals surface area (Å²) < 4.78 is 0. The molecule has 4 aromatic carbocycles. The molecule has 0 saturated carbocycles. The molecule has 0 heterocycles. The maximum absolute atomic E-state index is 6.52. The molecule has 0 spiro atoms. The van der Waals surface area contributed by atoms with Gasteiger partial charge in [0.1, 0.15) is 0 Å². The number of rotatable bonds is 2. The summed E-state index contributed by atoms with van der Waals surface area (Å²) in [6.45, 7) is 0. The number of nitrogens with two attached hydrogens (primary N) is 1. The van der Waals surface area contributed by atoms with E-state index in [0.29, 0.717) is 5.96 Å². The number of aliphatic imine (C=N–C) groups is 1. The van der Waals surface area contributed by atoms with Gasteiger partial charge in [0.2, 0.25) is 5.96 Å². The van der Waals surface area contributed by atoms with Crippen LogP contribution in [0.25, 0.3) is 21.5 Å². The molecule has 0 unspecified atom stereocenters. The van der Waals surface area contributed by atoms with Crippen molar-refractivity contribution in [2.45, 2.75) is 25.7 Å². The molecule has 0 fully saturated rings. The van der Waals surface area contributed by atoms with Crippen molar-refractivity contribution in [3.05, 3.63) is 82.9 Å². The molecule has 0 atom stereocenters. The van der Waals surface area contributed by atoms with Crippen LogP contribution in [-0.2, 0) is 25.7 Å². The van der Waals surface area contributed by atoms with E-state index in [-0.39, 0.29) is 0 Å². The van der Waals surface area contributed by atoms with Crippen molar-refractivity contribution in [3.8, 4) is 0 Å². The lowest BCUT2D eigenvalue weighted by molar-refractivity contribution is 1.02. The summed E-state index contributed by atoms with van der Waals surface area (Å²) >= 11 is 0. The fourth-order valence-electron chi connectivity index (χ4n) is 5.21. The molecule has 0 radical (unpaired) electrons. The Balaban J connectivity index is 1.45. The van der Waals surface area contributed by atoms with Gasteiger partial charge in [-0.05, 0) is 76.2 Å². The number of hydrogen-bond donors (Lipinski definition) is 1. The number of hydrogen-bond acceptors (Lipinski definition) is 1. The molecule has 2 aliphatic carbocycles. The first-order valence-corrected chi connectivity index (χ1v) is 10.4. The number of nitrogens with zero attached hydrogens (tertiary/aromatic N) is 2. The van der Waals surface area contributed by atoms with Gasteiger partial charge >= 0.3 is 0 Å².